The molecule has 142 valence electrons. The van der Waals surface area contributed by atoms with Crippen molar-refractivity contribution in [2.75, 3.05) is 0 Å². The quantitative estimate of drug-likeness (QED) is 0.741. The molecule has 1 aliphatic rings. The monoisotopic (exact) mass is 392 g/mol. The van der Waals surface area contributed by atoms with E-state index in [0.29, 0.717) is 29.6 Å². The van der Waals surface area contributed by atoms with Gasteiger partial charge in [-0.3, -0.25) is 4.68 Å². The average Bonchev–Trinajstić information content (AvgIpc) is 2.86. The Bertz CT molecular complexity index is 1150. The van der Waals surface area contributed by atoms with Crippen molar-refractivity contribution < 1.29 is 17.2 Å². The molecule has 9 heteroatoms. The van der Waals surface area contributed by atoms with Crippen LogP contribution in [0.25, 0.3) is 11.0 Å². The molecule has 1 aromatic carbocycles. The molecule has 0 atom stereocenters. The first-order valence-electron chi connectivity index (χ1n) is 8.51. The highest BCUT2D eigenvalue weighted by molar-refractivity contribution is 7.89. The van der Waals surface area contributed by atoms with E-state index in [-0.39, 0.29) is 10.5 Å². The summed E-state index contributed by atoms with van der Waals surface area (Å²) in [4.78, 5) is 4.19. The minimum Gasteiger partial charge on any atom is -0.250 e. The summed E-state index contributed by atoms with van der Waals surface area (Å²) in [6, 6.07) is 4.73. The molecule has 1 N–H and O–H groups in total. The number of halogens is 2. The molecular weight excluding hydrogens is 374 g/mol. The molecule has 0 saturated heterocycles. The highest BCUT2D eigenvalue weighted by atomic mass is 32.2. The van der Waals surface area contributed by atoms with E-state index in [4.69, 9.17) is 0 Å². The highest BCUT2D eigenvalue weighted by Gasteiger charge is 2.44. The van der Waals surface area contributed by atoms with Gasteiger partial charge in [0.1, 0.15) is 16.5 Å². The number of rotatable bonds is 4. The zero-order valence-electron chi connectivity index (χ0n) is 14.8. The van der Waals surface area contributed by atoms with E-state index in [1.165, 1.54) is 18.3 Å². The molecule has 0 amide bonds. The molecule has 1 saturated carbocycles. The van der Waals surface area contributed by atoms with Gasteiger partial charge in [-0.05, 0) is 38.3 Å². The van der Waals surface area contributed by atoms with Crippen molar-refractivity contribution in [2.45, 2.75) is 36.6 Å². The second-order valence-corrected chi connectivity index (χ2v) is 8.60. The van der Waals surface area contributed by atoms with Crippen LogP contribution in [-0.4, -0.2) is 23.2 Å². The van der Waals surface area contributed by atoms with Crippen LogP contribution in [0.3, 0.4) is 0 Å². The van der Waals surface area contributed by atoms with Crippen LogP contribution in [0.2, 0.25) is 0 Å². The third kappa shape index (κ3) is 2.90. The van der Waals surface area contributed by atoms with Crippen LogP contribution in [0.15, 0.2) is 35.4 Å². The van der Waals surface area contributed by atoms with E-state index in [9.17, 15) is 17.2 Å². The maximum atomic E-state index is 14.3. The van der Waals surface area contributed by atoms with Crippen LogP contribution in [0, 0.1) is 18.6 Å². The third-order valence-electron chi connectivity index (χ3n) is 5.13. The first-order chi connectivity index (χ1) is 12.7. The summed E-state index contributed by atoms with van der Waals surface area (Å²) in [5.41, 5.74) is 0.329. The molecule has 6 nitrogen and oxygen atoms in total. The topological polar surface area (TPSA) is 76.9 Å². The lowest BCUT2D eigenvalue weighted by Gasteiger charge is -2.42. The summed E-state index contributed by atoms with van der Waals surface area (Å²) >= 11 is 0. The normalized spacial score (nSPS) is 16.4. The zero-order chi connectivity index (χ0) is 19.4. The van der Waals surface area contributed by atoms with Gasteiger partial charge in [-0.1, -0.05) is 6.07 Å². The van der Waals surface area contributed by atoms with E-state index >= 15 is 0 Å². The Morgan fingerprint density at radius 2 is 1.96 bits per heavy atom. The van der Waals surface area contributed by atoms with Crippen molar-refractivity contribution >= 4 is 21.1 Å². The van der Waals surface area contributed by atoms with Crippen LogP contribution in [-0.2, 0) is 22.6 Å². The standard InChI is InChI=1S/C18H18F2N4O2S/c1-11-14-9-13(10-21-17(14)24(2)22-11)27(25,26)23-18(6-3-7-18)15-5-4-12(19)8-16(15)20/h4-5,8-10,23H,3,6-7H2,1-2H3. The van der Waals surface area contributed by atoms with Crippen molar-refractivity contribution in [3.05, 3.63) is 53.4 Å². The minimum atomic E-state index is -3.96. The fourth-order valence-corrected chi connectivity index (χ4v) is 5.00. The van der Waals surface area contributed by atoms with E-state index in [1.807, 2.05) is 0 Å². The minimum absolute atomic E-state index is 0.0140. The maximum Gasteiger partial charge on any atom is 0.242 e. The van der Waals surface area contributed by atoms with Gasteiger partial charge in [-0.15, -0.1) is 0 Å². The molecule has 3 aromatic rings. The summed E-state index contributed by atoms with van der Waals surface area (Å²) in [6.45, 7) is 1.77. The largest absolute Gasteiger partial charge is 0.250 e. The van der Waals surface area contributed by atoms with Gasteiger partial charge in [0.15, 0.2) is 5.65 Å². The van der Waals surface area contributed by atoms with Crippen LogP contribution in [0.1, 0.15) is 30.5 Å². The predicted molar refractivity (Wildman–Crippen MR) is 95.5 cm³/mol. The lowest BCUT2D eigenvalue weighted by molar-refractivity contribution is 0.217. The zero-order valence-corrected chi connectivity index (χ0v) is 15.6. The molecule has 2 heterocycles. The van der Waals surface area contributed by atoms with Crippen LogP contribution >= 0.6 is 0 Å². The van der Waals surface area contributed by atoms with E-state index in [1.54, 1.807) is 18.7 Å². The Kier molecular flexibility index (Phi) is 4.04. The van der Waals surface area contributed by atoms with Crippen molar-refractivity contribution in [3.8, 4) is 0 Å². The van der Waals surface area contributed by atoms with Gasteiger partial charge >= 0.3 is 0 Å². The van der Waals surface area contributed by atoms with Gasteiger partial charge in [0.25, 0.3) is 0 Å². The number of aryl methyl sites for hydroxylation is 2. The van der Waals surface area contributed by atoms with Crippen molar-refractivity contribution in [1.29, 1.82) is 0 Å². The number of pyridine rings is 1. The maximum absolute atomic E-state index is 14.3. The van der Waals surface area contributed by atoms with Crippen LogP contribution < -0.4 is 4.72 Å². The van der Waals surface area contributed by atoms with Crippen LogP contribution in [0.5, 0.6) is 0 Å². The smallest absolute Gasteiger partial charge is 0.242 e. The summed E-state index contributed by atoms with van der Waals surface area (Å²) < 4.78 is 57.7. The SMILES string of the molecule is Cc1nn(C)c2ncc(S(=O)(=O)NC3(c4ccc(F)cc4F)CCC3)cc12. The van der Waals surface area contributed by atoms with Crippen molar-refractivity contribution in [1.82, 2.24) is 19.5 Å². The molecule has 0 spiro atoms. The van der Waals surface area contributed by atoms with Gasteiger partial charge in [-0.2, -0.15) is 5.10 Å². The Labute approximate surface area is 155 Å². The Balaban J connectivity index is 1.75. The molecule has 0 radical (unpaired) electrons. The van der Waals surface area contributed by atoms with Crippen molar-refractivity contribution in [3.63, 3.8) is 0 Å². The van der Waals surface area contributed by atoms with Gasteiger partial charge in [0, 0.05) is 30.3 Å². The molecule has 2 aromatic heterocycles. The molecule has 0 unspecified atom stereocenters. The number of benzene rings is 1. The number of nitrogens with one attached hydrogen (secondary N) is 1. The lowest BCUT2D eigenvalue weighted by atomic mass is 9.72. The molecule has 1 aliphatic carbocycles. The molecule has 4 rings (SSSR count). The second-order valence-electron chi connectivity index (χ2n) is 6.92. The molecule has 0 aliphatic heterocycles. The molecule has 1 fully saturated rings. The lowest BCUT2D eigenvalue weighted by Crippen LogP contribution is -2.51. The second kappa shape index (κ2) is 6.07. The highest BCUT2D eigenvalue weighted by Crippen LogP contribution is 2.43. The Hall–Kier alpha value is -2.39. The Morgan fingerprint density at radius 1 is 1.22 bits per heavy atom. The number of nitrogens with zero attached hydrogens (tertiary/aromatic N) is 3. The number of aromatic nitrogens is 3. The fraction of sp³-hybridized carbons (Fsp3) is 0.333. The Morgan fingerprint density at radius 3 is 2.59 bits per heavy atom. The summed E-state index contributed by atoms with van der Waals surface area (Å²) in [5, 5.41) is 4.87. The van der Waals surface area contributed by atoms with Crippen LogP contribution in [0.4, 0.5) is 8.78 Å². The third-order valence-corrected chi connectivity index (χ3v) is 6.64. The van der Waals surface area contributed by atoms with E-state index in [2.05, 4.69) is 14.8 Å². The molecule has 0 bridgehead atoms. The number of hydrogen-bond donors (Lipinski definition) is 1. The van der Waals surface area contributed by atoms with Gasteiger partial charge < -0.3 is 0 Å². The summed E-state index contributed by atoms with van der Waals surface area (Å²) in [6.07, 6.45) is 2.89. The first kappa shape index (κ1) is 18.0. The number of sulfonamides is 1. The predicted octanol–water partition coefficient (Wildman–Crippen LogP) is 2.91. The van der Waals surface area contributed by atoms with Gasteiger partial charge in [0.2, 0.25) is 10.0 Å². The van der Waals surface area contributed by atoms with Gasteiger partial charge in [-0.25, -0.2) is 26.9 Å². The van der Waals surface area contributed by atoms with E-state index < -0.39 is 27.2 Å². The van der Waals surface area contributed by atoms with E-state index in [0.717, 1.165) is 18.6 Å². The first-order valence-corrected chi connectivity index (χ1v) is 9.99. The molecule has 27 heavy (non-hydrogen) atoms. The number of hydrogen-bond acceptors (Lipinski definition) is 4. The van der Waals surface area contributed by atoms with Crippen molar-refractivity contribution in [2.24, 2.45) is 7.05 Å². The van der Waals surface area contributed by atoms with Gasteiger partial charge in [0.05, 0.1) is 11.2 Å². The summed E-state index contributed by atoms with van der Waals surface area (Å²) in [5.74, 6) is -1.45. The summed E-state index contributed by atoms with van der Waals surface area (Å²) in [7, 11) is -2.23. The molecular formula is C18H18F2N4O2S. The fourth-order valence-electron chi connectivity index (χ4n) is 3.59. The number of fused-ring (bicyclic) bond motifs is 1. The average molecular weight is 392 g/mol.